The van der Waals surface area contributed by atoms with E-state index in [1.165, 1.54) is 13.2 Å². The van der Waals surface area contributed by atoms with Gasteiger partial charge in [-0.15, -0.1) is 0 Å². The minimum Gasteiger partial charge on any atom is -0.496 e. The molecular weight excluding hydrogens is 420 g/mol. The summed E-state index contributed by atoms with van der Waals surface area (Å²) in [5.74, 6) is -0.621. The molecule has 168 valence electrons. The Hall–Kier alpha value is -3.20. The average molecular weight is 443 g/mol. The summed E-state index contributed by atoms with van der Waals surface area (Å²) in [6, 6.07) is 6.94. The molecule has 2 N–H and O–H groups in total. The van der Waals surface area contributed by atoms with Crippen LogP contribution in [0, 0.1) is 0 Å². The minimum absolute atomic E-state index is 0.0490. The fraction of sp³-hybridized carbons (Fsp3) is 0.391. The van der Waals surface area contributed by atoms with Crippen LogP contribution in [-0.4, -0.2) is 46.8 Å². The predicted molar refractivity (Wildman–Crippen MR) is 112 cm³/mol. The number of ether oxygens (including phenoxy) is 2. The van der Waals surface area contributed by atoms with Gasteiger partial charge in [0.1, 0.15) is 22.7 Å². The summed E-state index contributed by atoms with van der Waals surface area (Å²) < 4.78 is 38.3. The summed E-state index contributed by atoms with van der Waals surface area (Å²) in [6.45, 7) is -3.01. The number of fused-ring (bicyclic) bond motifs is 1. The van der Waals surface area contributed by atoms with E-state index in [0.29, 0.717) is 16.9 Å². The van der Waals surface area contributed by atoms with Crippen molar-refractivity contribution in [3.8, 4) is 22.8 Å². The minimum atomic E-state index is -3.10. The molecule has 5 rings (SSSR count). The first-order chi connectivity index (χ1) is 15.4. The number of benzene rings is 1. The molecule has 1 amide bonds. The van der Waals surface area contributed by atoms with Crippen molar-refractivity contribution < 1.29 is 28.2 Å². The Kier molecular flexibility index (Phi) is 5.00. The smallest absolute Gasteiger partial charge is 0.387 e. The van der Waals surface area contributed by atoms with Crippen molar-refractivity contribution in [2.24, 2.45) is 0 Å². The van der Waals surface area contributed by atoms with Crippen molar-refractivity contribution in [3.63, 3.8) is 0 Å². The summed E-state index contributed by atoms with van der Waals surface area (Å²) in [7, 11) is 1.38. The van der Waals surface area contributed by atoms with E-state index in [9.17, 15) is 18.7 Å². The summed E-state index contributed by atoms with van der Waals surface area (Å²) in [5.41, 5.74) is 2.60. The van der Waals surface area contributed by atoms with Crippen LogP contribution < -0.4 is 14.8 Å². The Labute approximate surface area is 183 Å². The van der Waals surface area contributed by atoms with Crippen LogP contribution in [-0.2, 0) is 5.41 Å². The Bertz CT molecular complexity index is 1190. The maximum atomic E-state index is 13.2. The number of nitrogens with one attached hydrogen (secondary N) is 1. The fourth-order valence-electron chi connectivity index (χ4n) is 4.01. The molecule has 7 nitrogen and oxygen atoms in total. The number of pyridine rings is 1. The van der Waals surface area contributed by atoms with Crippen molar-refractivity contribution in [2.75, 3.05) is 13.7 Å². The lowest BCUT2D eigenvalue weighted by molar-refractivity contribution is -0.0502. The molecule has 0 radical (unpaired) electrons. The van der Waals surface area contributed by atoms with E-state index in [0.717, 1.165) is 31.2 Å². The summed E-state index contributed by atoms with van der Waals surface area (Å²) in [6.07, 6.45) is 7.06. The number of halogens is 2. The van der Waals surface area contributed by atoms with Crippen molar-refractivity contribution >= 4 is 11.6 Å². The van der Waals surface area contributed by atoms with Crippen molar-refractivity contribution in [1.82, 2.24) is 14.7 Å². The van der Waals surface area contributed by atoms with Gasteiger partial charge in [-0.3, -0.25) is 9.20 Å². The highest BCUT2D eigenvalue weighted by atomic mass is 19.3. The second kappa shape index (κ2) is 7.74. The van der Waals surface area contributed by atoms with E-state index < -0.39 is 12.5 Å². The van der Waals surface area contributed by atoms with Gasteiger partial charge in [-0.2, -0.15) is 8.78 Å². The van der Waals surface area contributed by atoms with Gasteiger partial charge in [-0.1, -0.05) is 0 Å². The lowest BCUT2D eigenvalue weighted by Gasteiger charge is -2.16. The maximum absolute atomic E-state index is 13.2. The van der Waals surface area contributed by atoms with Crippen molar-refractivity contribution in [2.45, 2.75) is 43.8 Å². The molecule has 0 unspecified atom stereocenters. The molecule has 0 atom stereocenters. The van der Waals surface area contributed by atoms with Crippen LogP contribution in [0.5, 0.6) is 11.5 Å². The quantitative estimate of drug-likeness (QED) is 0.557. The SMILES string of the molecule is COc1cc(-c2cnc3cc(C4(CO)CC4)ccn23)cc(OC(F)F)c1C(=O)NC1CC1. The average Bonchev–Trinajstić information content (AvgIpc) is 3.70. The van der Waals surface area contributed by atoms with Gasteiger partial charge in [0.2, 0.25) is 0 Å². The number of aromatic nitrogens is 2. The molecule has 2 saturated carbocycles. The number of amides is 1. The summed E-state index contributed by atoms with van der Waals surface area (Å²) in [4.78, 5) is 17.2. The van der Waals surface area contributed by atoms with Gasteiger partial charge in [0, 0.05) is 23.2 Å². The lowest BCUT2D eigenvalue weighted by Crippen LogP contribution is -2.26. The third kappa shape index (κ3) is 3.66. The second-order valence-corrected chi connectivity index (χ2v) is 8.40. The third-order valence-electron chi connectivity index (χ3n) is 6.22. The van der Waals surface area contributed by atoms with Gasteiger partial charge >= 0.3 is 6.61 Å². The molecular formula is C23H23F2N3O4. The van der Waals surface area contributed by atoms with Gasteiger partial charge in [-0.25, -0.2) is 4.98 Å². The van der Waals surface area contributed by atoms with E-state index in [2.05, 4.69) is 10.3 Å². The number of alkyl halides is 2. The number of imidazole rings is 1. The molecule has 0 saturated heterocycles. The number of rotatable bonds is 8. The molecule has 9 heteroatoms. The van der Waals surface area contributed by atoms with Crippen LogP contribution in [0.3, 0.4) is 0 Å². The van der Waals surface area contributed by atoms with Crippen LogP contribution in [0.1, 0.15) is 41.6 Å². The lowest BCUT2D eigenvalue weighted by atomic mass is 9.98. The molecule has 2 heterocycles. The Morgan fingerprint density at radius 1 is 1.31 bits per heavy atom. The number of hydrogen-bond donors (Lipinski definition) is 2. The molecule has 0 aliphatic heterocycles. The van der Waals surface area contributed by atoms with Gasteiger partial charge in [0.05, 0.1) is 25.6 Å². The first-order valence-electron chi connectivity index (χ1n) is 10.5. The molecule has 2 aliphatic carbocycles. The van der Waals surface area contributed by atoms with Crippen LogP contribution in [0.25, 0.3) is 16.9 Å². The normalized spacial score (nSPS) is 16.9. The number of nitrogens with zero attached hydrogens (tertiary/aromatic N) is 2. The number of aliphatic hydroxyl groups is 1. The molecule has 32 heavy (non-hydrogen) atoms. The van der Waals surface area contributed by atoms with E-state index in [1.54, 1.807) is 12.3 Å². The molecule has 0 spiro atoms. The first-order valence-corrected chi connectivity index (χ1v) is 10.5. The largest absolute Gasteiger partial charge is 0.496 e. The number of methoxy groups -OCH3 is 1. The number of carbonyl (C=O) groups excluding carboxylic acids is 1. The molecule has 2 aliphatic rings. The van der Waals surface area contributed by atoms with Gasteiger partial charge in [0.25, 0.3) is 5.91 Å². The van der Waals surface area contributed by atoms with Gasteiger partial charge < -0.3 is 19.9 Å². The zero-order chi connectivity index (χ0) is 22.5. The molecule has 2 aromatic heterocycles. The van der Waals surface area contributed by atoms with Gasteiger partial charge in [0.15, 0.2) is 0 Å². The standard InChI is InChI=1S/C23H23F2N3O4/c1-31-17-8-13(9-18(32-22(24)25)20(17)21(30)27-15-2-3-15)16-11-26-19-10-14(4-7-28(16)19)23(12-29)5-6-23/h4,7-11,15,22,29H,2-3,5-6,12H2,1H3,(H,27,30). The summed E-state index contributed by atoms with van der Waals surface area (Å²) >= 11 is 0. The topological polar surface area (TPSA) is 85.1 Å². The van der Waals surface area contributed by atoms with Crippen LogP contribution >= 0.6 is 0 Å². The molecule has 2 fully saturated rings. The monoisotopic (exact) mass is 443 g/mol. The van der Waals surface area contributed by atoms with Gasteiger partial charge in [-0.05, 0) is 55.5 Å². The highest BCUT2D eigenvalue weighted by molar-refractivity contribution is 6.01. The zero-order valence-corrected chi connectivity index (χ0v) is 17.5. The van der Waals surface area contributed by atoms with E-state index in [4.69, 9.17) is 9.47 Å². The summed E-state index contributed by atoms with van der Waals surface area (Å²) in [5, 5.41) is 12.5. The van der Waals surface area contributed by atoms with E-state index in [1.807, 2.05) is 22.7 Å². The molecule has 3 aromatic rings. The van der Waals surface area contributed by atoms with E-state index in [-0.39, 0.29) is 35.1 Å². The Morgan fingerprint density at radius 3 is 2.69 bits per heavy atom. The molecule has 0 bridgehead atoms. The highest BCUT2D eigenvalue weighted by Crippen LogP contribution is 2.48. The number of aliphatic hydroxyl groups excluding tert-OH is 1. The highest BCUT2D eigenvalue weighted by Gasteiger charge is 2.43. The number of hydrogen-bond acceptors (Lipinski definition) is 5. The number of carbonyl (C=O) groups is 1. The van der Waals surface area contributed by atoms with Crippen LogP contribution in [0.2, 0.25) is 0 Å². The Morgan fingerprint density at radius 2 is 2.06 bits per heavy atom. The fourth-order valence-corrected chi connectivity index (χ4v) is 4.01. The van der Waals surface area contributed by atoms with Crippen LogP contribution in [0.15, 0.2) is 36.7 Å². The predicted octanol–water partition coefficient (Wildman–Crippen LogP) is 3.53. The third-order valence-corrected chi connectivity index (χ3v) is 6.22. The Balaban J connectivity index is 1.58. The van der Waals surface area contributed by atoms with Crippen LogP contribution in [0.4, 0.5) is 8.78 Å². The van der Waals surface area contributed by atoms with E-state index >= 15 is 0 Å². The van der Waals surface area contributed by atoms with Crippen molar-refractivity contribution in [1.29, 1.82) is 0 Å². The second-order valence-electron chi connectivity index (χ2n) is 8.40. The first kappa shape index (κ1) is 20.7. The maximum Gasteiger partial charge on any atom is 0.387 e. The molecule has 1 aromatic carbocycles. The van der Waals surface area contributed by atoms with Crippen molar-refractivity contribution in [3.05, 3.63) is 47.8 Å². The zero-order valence-electron chi connectivity index (χ0n) is 17.5.